The second kappa shape index (κ2) is 6.03. The molecule has 90 valence electrons. The molecule has 0 fully saturated rings. The fourth-order valence-corrected chi connectivity index (χ4v) is 2.23. The normalized spacial score (nSPS) is 11.6. The third kappa shape index (κ3) is 3.12. The SMILES string of the molecule is N#CC(Nc1ccccc1)c1ccc(Br)c(Br)c1. The number of rotatable bonds is 3. The van der Waals surface area contributed by atoms with E-state index in [1.807, 2.05) is 48.5 Å². The van der Waals surface area contributed by atoms with Crippen molar-refractivity contribution in [2.75, 3.05) is 5.32 Å². The summed E-state index contributed by atoms with van der Waals surface area (Å²) in [6.45, 7) is 0. The van der Waals surface area contributed by atoms with E-state index in [4.69, 9.17) is 0 Å². The summed E-state index contributed by atoms with van der Waals surface area (Å²) in [6.07, 6.45) is 0. The zero-order valence-corrected chi connectivity index (χ0v) is 12.6. The van der Waals surface area contributed by atoms with Gasteiger partial charge in [-0.2, -0.15) is 5.26 Å². The van der Waals surface area contributed by atoms with Crippen molar-refractivity contribution < 1.29 is 0 Å². The average Bonchev–Trinajstić information content (AvgIpc) is 2.40. The summed E-state index contributed by atoms with van der Waals surface area (Å²) in [5.41, 5.74) is 1.86. The topological polar surface area (TPSA) is 35.8 Å². The number of anilines is 1. The van der Waals surface area contributed by atoms with Crippen LogP contribution in [0.4, 0.5) is 5.69 Å². The van der Waals surface area contributed by atoms with E-state index in [1.165, 1.54) is 0 Å². The molecule has 1 unspecified atom stereocenters. The number of hydrogen-bond acceptors (Lipinski definition) is 2. The van der Waals surface area contributed by atoms with Crippen LogP contribution in [0.3, 0.4) is 0 Å². The van der Waals surface area contributed by atoms with Crippen LogP contribution in [-0.2, 0) is 0 Å². The molecule has 0 saturated heterocycles. The van der Waals surface area contributed by atoms with Gasteiger partial charge in [0.05, 0.1) is 6.07 Å². The molecule has 1 N–H and O–H groups in total. The summed E-state index contributed by atoms with van der Waals surface area (Å²) < 4.78 is 1.91. The molecule has 0 aliphatic carbocycles. The molecule has 2 nitrogen and oxygen atoms in total. The zero-order valence-electron chi connectivity index (χ0n) is 9.40. The number of benzene rings is 2. The first kappa shape index (κ1) is 13.1. The van der Waals surface area contributed by atoms with Gasteiger partial charge < -0.3 is 5.32 Å². The van der Waals surface area contributed by atoms with Crippen molar-refractivity contribution in [3.63, 3.8) is 0 Å². The second-order valence-electron chi connectivity index (χ2n) is 3.75. The molecular weight excluding hydrogens is 356 g/mol. The molecular formula is C14H10Br2N2. The molecule has 2 rings (SSSR count). The van der Waals surface area contributed by atoms with Gasteiger partial charge in [0.1, 0.15) is 6.04 Å². The van der Waals surface area contributed by atoms with Crippen LogP contribution in [0.25, 0.3) is 0 Å². The lowest BCUT2D eigenvalue weighted by molar-refractivity contribution is 0.995. The van der Waals surface area contributed by atoms with Gasteiger partial charge in [0.2, 0.25) is 0 Å². The molecule has 0 aliphatic rings. The minimum Gasteiger partial charge on any atom is -0.366 e. The van der Waals surface area contributed by atoms with E-state index < -0.39 is 0 Å². The Bertz CT molecular complexity index is 576. The van der Waals surface area contributed by atoms with Crippen molar-refractivity contribution in [3.8, 4) is 6.07 Å². The summed E-state index contributed by atoms with van der Waals surface area (Å²) in [5.74, 6) is 0. The number of hydrogen-bond donors (Lipinski definition) is 1. The van der Waals surface area contributed by atoms with Crippen LogP contribution in [0.5, 0.6) is 0 Å². The molecule has 0 saturated carbocycles. The van der Waals surface area contributed by atoms with E-state index in [9.17, 15) is 5.26 Å². The van der Waals surface area contributed by atoms with Gasteiger partial charge in [-0.1, -0.05) is 24.3 Å². The summed E-state index contributed by atoms with van der Waals surface area (Å²) in [7, 11) is 0. The Labute approximate surface area is 123 Å². The van der Waals surface area contributed by atoms with Crippen molar-refractivity contribution >= 4 is 37.5 Å². The summed E-state index contributed by atoms with van der Waals surface area (Å²) in [6, 6.07) is 17.4. The summed E-state index contributed by atoms with van der Waals surface area (Å²) >= 11 is 6.86. The number of nitrogens with one attached hydrogen (secondary N) is 1. The summed E-state index contributed by atoms with van der Waals surface area (Å²) in [4.78, 5) is 0. The maximum atomic E-state index is 9.26. The van der Waals surface area contributed by atoms with E-state index in [-0.39, 0.29) is 6.04 Å². The quantitative estimate of drug-likeness (QED) is 0.840. The Kier molecular flexibility index (Phi) is 4.40. The smallest absolute Gasteiger partial charge is 0.140 e. The standard InChI is InChI=1S/C14H10Br2N2/c15-12-7-6-10(8-13(12)16)14(9-17)18-11-4-2-1-3-5-11/h1-8,14,18H. The fraction of sp³-hybridized carbons (Fsp3) is 0.0714. The largest absolute Gasteiger partial charge is 0.366 e. The van der Waals surface area contributed by atoms with Crippen molar-refractivity contribution in [2.24, 2.45) is 0 Å². The Morgan fingerprint density at radius 2 is 1.72 bits per heavy atom. The second-order valence-corrected chi connectivity index (χ2v) is 5.45. The van der Waals surface area contributed by atoms with Crippen LogP contribution in [0.2, 0.25) is 0 Å². The lowest BCUT2D eigenvalue weighted by Crippen LogP contribution is -2.08. The first-order chi connectivity index (χ1) is 8.70. The highest BCUT2D eigenvalue weighted by atomic mass is 79.9. The van der Waals surface area contributed by atoms with Gasteiger partial charge in [-0.05, 0) is 61.7 Å². The monoisotopic (exact) mass is 364 g/mol. The molecule has 0 amide bonds. The molecule has 0 radical (unpaired) electrons. The number of nitriles is 1. The number of para-hydroxylation sites is 1. The third-order valence-electron chi connectivity index (χ3n) is 2.49. The fourth-order valence-electron chi connectivity index (χ4n) is 1.58. The van der Waals surface area contributed by atoms with Gasteiger partial charge >= 0.3 is 0 Å². The van der Waals surface area contributed by atoms with Crippen LogP contribution in [0, 0.1) is 11.3 Å². The lowest BCUT2D eigenvalue weighted by Gasteiger charge is -2.14. The van der Waals surface area contributed by atoms with Crippen molar-refractivity contribution in [1.82, 2.24) is 0 Å². The summed E-state index contributed by atoms with van der Waals surface area (Å²) in [5, 5.41) is 12.5. The molecule has 0 heterocycles. The van der Waals surface area contributed by atoms with Crippen LogP contribution in [0.1, 0.15) is 11.6 Å². The van der Waals surface area contributed by atoms with Crippen LogP contribution in [0.15, 0.2) is 57.5 Å². The van der Waals surface area contributed by atoms with Crippen molar-refractivity contribution in [2.45, 2.75) is 6.04 Å². The Balaban J connectivity index is 2.24. The first-order valence-electron chi connectivity index (χ1n) is 5.37. The predicted octanol–water partition coefficient (Wildman–Crippen LogP) is 4.89. The molecule has 0 aromatic heterocycles. The van der Waals surface area contributed by atoms with E-state index in [1.54, 1.807) is 0 Å². The molecule has 18 heavy (non-hydrogen) atoms. The van der Waals surface area contributed by atoms with Crippen LogP contribution in [-0.4, -0.2) is 0 Å². The first-order valence-corrected chi connectivity index (χ1v) is 6.95. The molecule has 2 aromatic carbocycles. The molecule has 0 aliphatic heterocycles. The van der Waals surface area contributed by atoms with E-state index in [2.05, 4.69) is 43.2 Å². The maximum absolute atomic E-state index is 9.26. The highest BCUT2D eigenvalue weighted by Gasteiger charge is 2.11. The molecule has 0 bridgehead atoms. The van der Waals surface area contributed by atoms with E-state index in [0.717, 1.165) is 20.2 Å². The molecule has 0 spiro atoms. The molecule has 2 aromatic rings. The van der Waals surface area contributed by atoms with Gasteiger partial charge in [0, 0.05) is 14.6 Å². The zero-order chi connectivity index (χ0) is 13.0. The van der Waals surface area contributed by atoms with Crippen molar-refractivity contribution in [3.05, 3.63) is 63.0 Å². The Morgan fingerprint density at radius 3 is 2.33 bits per heavy atom. The van der Waals surface area contributed by atoms with E-state index in [0.29, 0.717) is 0 Å². The number of nitrogens with zero attached hydrogens (tertiary/aromatic N) is 1. The van der Waals surface area contributed by atoms with E-state index >= 15 is 0 Å². The van der Waals surface area contributed by atoms with Crippen LogP contribution >= 0.6 is 31.9 Å². The van der Waals surface area contributed by atoms with Gasteiger partial charge in [0.25, 0.3) is 0 Å². The third-order valence-corrected chi connectivity index (χ3v) is 4.37. The maximum Gasteiger partial charge on any atom is 0.140 e. The average molecular weight is 366 g/mol. The molecule has 4 heteroatoms. The van der Waals surface area contributed by atoms with Gasteiger partial charge in [-0.15, -0.1) is 0 Å². The van der Waals surface area contributed by atoms with Gasteiger partial charge in [0.15, 0.2) is 0 Å². The minimum absolute atomic E-state index is 0.364. The van der Waals surface area contributed by atoms with Crippen LogP contribution < -0.4 is 5.32 Å². The van der Waals surface area contributed by atoms with Gasteiger partial charge in [-0.25, -0.2) is 0 Å². The Hall–Kier alpha value is -1.31. The highest BCUT2D eigenvalue weighted by molar-refractivity contribution is 9.13. The number of halogens is 2. The Morgan fingerprint density at radius 1 is 1.00 bits per heavy atom. The minimum atomic E-state index is -0.364. The highest BCUT2D eigenvalue weighted by Crippen LogP contribution is 2.27. The predicted molar refractivity (Wildman–Crippen MR) is 80.3 cm³/mol. The lowest BCUT2D eigenvalue weighted by atomic mass is 10.1. The van der Waals surface area contributed by atoms with Crippen molar-refractivity contribution in [1.29, 1.82) is 5.26 Å². The molecule has 1 atom stereocenters. The van der Waals surface area contributed by atoms with Gasteiger partial charge in [-0.3, -0.25) is 0 Å².